The van der Waals surface area contributed by atoms with Gasteiger partial charge in [-0.1, -0.05) is 0 Å². The second-order valence-electron chi connectivity index (χ2n) is 5.87. The molecular formula is C13H26N2O2. The van der Waals surface area contributed by atoms with Crippen molar-refractivity contribution in [1.82, 2.24) is 10.2 Å². The molecule has 1 fully saturated rings. The molecule has 0 aromatic heterocycles. The van der Waals surface area contributed by atoms with E-state index < -0.39 is 0 Å². The third-order valence-corrected chi connectivity index (χ3v) is 2.95. The maximum atomic E-state index is 11.9. The van der Waals surface area contributed by atoms with Crippen LogP contribution < -0.4 is 5.32 Å². The largest absolute Gasteiger partial charge is 0.376 e. The molecule has 0 saturated carbocycles. The predicted octanol–water partition coefficient (Wildman–Crippen LogP) is 1.40. The lowest BCUT2D eigenvalue weighted by Gasteiger charge is -2.28. The summed E-state index contributed by atoms with van der Waals surface area (Å²) >= 11 is 0. The van der Waals surface area contributed by atoms with Crippen LogP contribution in [0.25, 0.3) is 0 Å². The van der Waals surface area contributed by atoms with Crippen molar-refractivity contribution in [3.63, 3.8) is 0 Å². The van der Waals surface area contributed by atoms with Crippen LogP contribution in [0, 0.1) is 0 Å². The number of carbonyl (C=O) groups is 1. The molecule has 1 saturated heterocycles. The SMILES string of the molecule is CN(CC1CCCCO1)C(=O)CNC(C)(C)C. The molecule has 1 heterocycles. The lowest BCUT2D eigenvalue weighted by Crippen LogP contribution is -2.46. The zero-order chi connectivity index (χ0) is 12.9. The number of rotatable bonds is 4. The molecule has 1 N–H and O–H groups in total. The predicted molar refractivity (Wildman–Crippen MR) is 69.0 cm³/mol. The van der Waals surface area contributed by atoms with Crippen molar-refractivity contribution in [2.45, 2.75) is 51.7 Å². The minimum atomic E-state index is -0.0160. The molecule has 0 spiro atoms. The zero-order valence-corrected chi connectivity index (χ0v) is 11.6. The van der Waals surface area contributed by atoms with Crippen LogP contribution in [0.4, 0.5) is 0 Å². The third-order valence-electron chi connectivity index (χ3n) is 2.95. The van der Waals surface area contributed by atoms with Crippen LogP contribution in [-0.4, -0.2) is 49.2 Å². The molecule has 0 aromatic rings. The number of carbonyl (C=O) groups excluding carboxylic acids is 1. The maximum Gasteiger partial charge on any atom is 0.236 e. The number of likely N-dealkylation sites (N-methyl/N-ethyl adjacent to an activating group) is 1. The number of ether oxygens (including phenoxy) is 1. The Bertz CT molecular complexity index is 242. The summed E-state index contributed by atoms with van der Waals surface area (Å²) < 4.78 is 5.63. The van der Waals surface area contributed by atoms with Gasteiger partial charge in [0, 0.05) is 25.7 Å². The van der Waals surface area contributed by atoms with E-state index in [1.54, 1.807) is 4.90 Å². The highest BCUT2D eigenvalue weighted by Crippen LogP contribution is 2.13. The van der Waals surface area contributed by atoms with Crippen molar-refractivity contribution >= 4 is 5.91 Å². The van der Waals surface area contributed by atoms with E-state index >= 15 is 0 Å². The minimum Gasteiger partial charge on any atom is -0.376 e. The highest BCUT2D eigenvalue weighted by Gasteiger charge is 2.19. The average Bonchev–Trinajstić information content (AvgIpc) is 2.26. The molecule has 17 heavy (non-hydrogen) atoms. The van der Waals surface area contributed by atoms with Gasteiger partial charge in [-0.05, 0) is 40.0 Å². The number of nitrogens with zero attached hydrogens (tertiary/aromatic N) is 1. The summed E-state index contributed by atoms with van der Waals surface area (Å²) in [5.41, 5.74) is -0.0160. The van der Waals surface area contributed by atoms with E-state index in [0.29, 0.717) is 13.1 Å². The first-order chi connectivity index (χ1) is 7.88. The van der Waals surface area contributed by atoms with E-state index in [1.807, 2.05) is 7.05 Å². The van der Waals surface area contributed by atoms with E-state index in [-0.39, 0.29) is 17.6 Å². The maximum absolute atomic E-state index is 11.9. The van der Waals surface area contributed by atoms with Gasteiger partial charge in [0.2, 0.25) is 5.91 Å². The summed E-state index contributed by atoms with van der Waals surface area (Å²) in [6, 6.07) is 0. The molecule has 0 aromatic carbocycles. The smallest absolute Gasteiger partial charge is 0.236 e. The van der Waals surface area contributed by atoms with Gasteiger partial charge in [-0.3, -0.25) is 4.79 Å². The molecule has 1 aliphatic rings. The van der Waals surface area contributed by atoms with Gasteiger partial charge in [0.15, 0.2) is 0 Å². The summed E-state index contributed by atoms with van der Waals surface area (Å²) in [5.74, 6) is 0.133. The number of nitrogens with one attached hydrogen (secondary N) is 1. The van der Waals surface area contributed by atoms with Gasteiger partial charge in [0.1, 0.15) is 0 Å². The topological polar surface area (TPSA) is 41.6 Å². The normalized spacial score (nSPS) is 21.3. The van der Waals surface area contributed by atoms with Crippen molar-refractivity contribution < 1.29 is 9.53 Å². The Balaban J connectivity index is 2.26. The highest BCUT2D eigenvalue weighted by atomic mass is 16.5. The molecule has 4 nitrogen and oxygen atoms in total. The van der Waals surface area contributed by atoms with Crippen molar-refractivity contribution in [2.24, 2.45) is 0 Å². The van der Waals surface area contributed by atoms with Crippen LogP contribution in [0.3, 0.4) is 0 Å². The standard InChI is InChI=1S/C13H26N2O2/c1-13(2,3)14-9-12(16)15(4)10-11-7-5-6-8-17-11/h11,14H,5-10H2,1-4H3. The Hall–Kier alpha value is -0.610. The van der Waals surface area contributed by atoms with Gasteiger partial charge in [-0.15, -0.1) is 0 Å². The third kappa shape index (κ3) is 6.03. The van der Waals surface area contributed by atoms with Crippen LogP contribution >= 0.6 is 0 Å². The van der Waals surface area contributed by atoms with Crippen molar-refractivity contribution in [1.29, 1.82) is 0 Å². The number of hydrogen-bond acceptors (Lipinski definition) is 3. The Morgan fingerprint density at radius 2 is 2.12 bits per heavy atom. The fraction of sp³-hybridized carbons (Fsp3) is 0.923. The van der Waals surface area contributed by atoms with Gasteiger partial charge in [-0.2, -0.15) is 0 Å². The molecule has 1 amide bonds. The summed E-state index contributed by atoms with van der Waals surface area (Å²) in [6.45, 7) is 8.13. The van der Waals surface area contributed by atoms with E-state index in [1.165, 1.54) is 6.42 Å². The quantitative estimate of drug-likeness (QED) is 0.810. The van der Waals surface area contributed by atoms with E-state index in [2.05, 4.69) is 26.1 Å². The molecule has 1 rings (SSSR count). The average molecular weight is 242 g/mol. The molecular weight excluding hydrogens is 216 g/mol. The Labute approximate surface area is 105 Å². The zero-order valence-electron chi connectivity index (χ0n) is 11.6. The summed E-state index contributed by atoms with van der Waals surface area (Å²) in [7, 11) is 1.85. The van der Waals surface area contributed by atoms with E-state index in [0.717, 1.165) is 19.4 Å². The Morgan fingerprint density at radius 1 is 1.41 bits per heavy atom. The lowest BCUT2D eigenvalue weighted by molar-refractivity contribution is -0.131. The van der Waals surface area contributed by atoms with Gasteiger partial charge >= 0.3 is 0 Å². The monoisotopic (exact) mass is 242 g/mol. The summed E-state index contributed by atoms with van der Waals surface area (Å²) in [6.07, 6.45) is 3.67. The Morgan fingerprint density at radius 3 is 2.65 bits per heavy atom. The molecule has 0 radical (unpaired) electrons. The molecule has 4 heteroatoms. The minimum absolute atomic E-state index is 0.0160. The van der Waals surface area contributed by atoms with Crippen molar-refractivity contribution in [2.75, 3.05) is 26.7 Å². The summed E-state index contributed by atoms with van der Waals surface area (Å²) in [5, 5.41) is 3.21. The lowest BCUT2D eigenvalue weighted by atomic mass is 10.1. The molecule has 0 bridgehead atoms. The van der Waals surface area contributed by atoms with Crippen LogP contribution in [0.2, 0.25) is 0 Å². The number of amides is 1. The molecule has 1 atom stereocenters. The molecule has 1 unspecified atom stereocenters. The fourth-order valence-electron chi connectivity index (χ4n) is 1.83. The number of hydrogen-bond donors (Lipinski definition) is 1. The molecule has 0 aliphatic carbocycles. The summed E-state index contributed by atoms with van der Waals surface area (Å²) in [4.78, 5) is 13.6. The van der Waals surface area contributed by atoms with Gasteiger partial charge < -0.3 is 15.0 Å². The first-order valence-electron chi connectivity index (χ1n) is 6.49. The molecule has 1 aliphatic heterocycles. The van der Waals surface area contributed by atoms with E-state index in [4.69, 9.17) is 4.74 Å². The Kier molecular flexibility index (Phi) is 5.40. The van der Waals surface area contributed by atoms with E-state index in [9.17, 15) is 4.79 Å². The van der Waals surface area contributed by atoms with Gasteiger partial charge in [0.05, 0.1) is 12.6 Å². The van der Waals surface area contributed by atoms with Crippen molar-refractivity contribution in [3.05, 3.63) is 0 Å². The molecule has 100 valence electrons. The second-order valence-corrected chi connectivity index (χ2v) is 5.87. The van der Waals surface area contributed by atoms with Crippen molar-refractivity contribution in [3.8, 4) is 0 Å². The van der Waals surface area contributed by atoms with Crippen LogP contribution in [0.15, 0.2) is 0 Å². The van der Waals surface area contributed by atoms with Gasteiger partial charge in [0.25, 0.3) is 0 Å². The first-order valence-corrected chi connectivity index (χ1v) is 6.49. The van der Waals surface area contributed by atoms with Crippen LogP contribution in [0.5, 0.6) is 0 Å². The van der Waals surface area contributed by atoms with Crippen LogP contribution in [-0.2, 0) is 9.53 Å². The van der Waals surface area contributed by atoms with Gasteiger partial charge in [-0.25, -0.2) is 0 Å². The first kappa shape index (κ1) is 14.5. The highest BCUT2D eigenvalue weighted by molar-refractivity contribution is 5.78. The fourth-order valence-corrected chi connectivity index (χ4v) is 1.83. The second kappa shape index (κ2) is 6.36. The van der Waals surface area contributed by atoms with Crippen LogP contribution in [0.1, 0.15) is 40.0 Å².